The van der Waals surface area contributed by atoms with E-state index in [9.17, 15) is 4.79 Å². The summed E-state index contributed by atoms with van der Waals surface area (Å²) in [5.74, 6) is -0.128. The zero-order valence-electron chi connectivity index (χ0n) is 6.71. The van der Waals surface area contributed by atoms with Crippen LogP contribution in [0.3, 0.4) is 0 Å². The fourth-order valence-electron chi connectivity index (χ4n) is 0.758. The van der Waals surface area contributed by atoms with Gasteiger partial charge in [0.15, 0.2) is 0 Å². The number of hydrogen-bond acceptors (Lipinski definition) is 3. The van der Waals surface area contributed by atoms with E-state index in [0.717, 1.165) is 6.42 Å². The van der Waals surface area contributed by atoms with E-state index in [1.165, 1.54) is 0 Å². The number of amides is 1. The Morgan fingerprint density at radius 2 is 2.27 bits per heavy atom. The highest BCUT2D eigenvalue weighted by molar-refractivity contribution is 5.74. The van der Waals surface area contributed by atoms with Crippen molar-refractivity contribution in [1.29, 1.82) is 0 Å². The first-order valence-electron chi connectivity index (χ1n) is 3.74. The number of aliphatic hydroxyl groups excluding tert-OH is 1. The van der Waals surface area contributed by atoms with Crippen LogP contribution in [-0.2, 0) is 4.79 Å². The molecular formula is C7H15NO3. The van der Waals surface area contributed by atoms with Gasteiger partial charge in [0.05, 0.1) is 0 Å². The number of hydrogen-bond donors (Lipinski definition) is 3. The molecule has 0 aliphatic rings. The van der Waals surface area contributed by atoms with Crippen LogP contribution in [0.15, 0.2) is 0 Å². The van der Waals surface area contributed by atoms with E-state index in [1.54, 1.807) is 5.48 Å². The lowest BCUT2D eigenvalue weighted by Gasteiger charge is -2.05. The van der Waals surface area contributed by atoms with Gasteiger partial charge in [-0.15, -0.1) is 0 Å². The molecule has 0 heterocycles. The van der Waals surface area contributed by atoms with Crippen molar-refractivity contribution in [2.75, 3.05) is 6.61 Å². The zero-order valence-corrected chi connectivity index (χ0v) is 6.71. The molecule has 0 fully saturated rings. The van der Waals surface area contributed by atoms with Crippen LogP contribution in [0.2, 0.25) is 0 Å². The third-order valence-corrected chi connectivity index (χ3v) is 1.54. The van der Waals surface area contributed by atoms with E-state index in [2.05, 4.69) is 0 Å². The molecule has 1 atom stereocenters. The minimum atomic E-state index is -0.366. The lowest BCUT2D eigenvalue weighted by Crippen LogP contribution is -2.18. The summed E-state index contributed by atoms with van der Waals surface area (Å²) in [5, 5.41) is 16.7. The Kier molecular flexibility index (Phi) is 5.78. The average Bonchev–Trinajstić information content (AvgIpc) is 2.04. The molecule has 0 aliphatic carbocycles. The van der Waals surface area contributed by atoms with E-state index < -0.39 is 0 Å². The van der Waals surface area contributed by atoms with Crippen LogP contribution in [0.1, 0.15) is 26.2 Å². The average molecular weight is 161 g/mol. The van der Waals surface area contributed by atoms with Gasteiger partial charge in [0.1, 0.15) is 0 Å². The summed E-state index contributed by atoms with van der Waals surface area (Å²) in [6.45, 7) is 2.07. The van der Waals surface area contributed by atoms with Gasteiger partial charge in [-0.25, -0.2) is 5.48 Å². The topological polar surface area (TPSA) is 69.6 Å². The second kappa shape index (κ2) is 6.12. The van der Waals surface area contributed by atoms with Gasteiger partial charge in [-0.1, -0.05) is 6.92 Å². The van der Waals surface area contributed by atoms with Gasteiger partial charge in [-0.3, -0.25) is 10.0 Å². The predicted molar refractivity (Wildman–Crippen MR) is 40.0 cm³/mol. The number of aliphatic hydroxyl groups is 1. The van der Waals surface area contributed by atoms with Gasteiger partial charge in [-0.2, -0.15) is 0 Å². The normalized spacial score (nSPS) is 12.6. The van der Waals surface area contributed by atoms with Gasteiger partial charge in [0, 0.05) is 13.0 Å². The lowest BCUT2D eigenvalue weighted by molar-refractivity contribution is -0.129. The molecule has 66 valence electrons. The minimum absolute atomic E-state index is 0.154. The Hall–Kier alpha value is -0.610. The Bertz CT molecular complexity index is 116. The second-order valence-electron chi connectivity index (χ2n) is 2.71. The summed E-state index contributed by atoms with van der Waals surface area (Å²) in [4.78, 5) is 10.5. The molecule has 0 aliphatic heterocycles. The van der Waals surface area contributed by atoms with Crippen LogP contribution < -0.4 is 5.48 Å². The summed E-state index contributed by atoms with van der Waals surface area (Å²) in [5.41, 5.74) is 1.56. The number of rotatable bonds is 5. The molecule has 0 radical (unpaired) electrons. The highest BCUT2D eigenvalue weighted by Gasteiger charge is 2.02. The van der Waals surface area contributed by atoms with Crippen molar-refractivity contribution in [3.05, 3.63) is 0 Å². The van der Waals surface area contributed by atoms with Crippen molar-refractivity contribution in [3.8, 4) is 0 Å². The molecule has 11 heavy (non-hydrogen) atoms. The lowest BCUT2D eigenvalue weighted by atomic mass is 10.1. The largest absolute Gasteiger partial charge is 0.396 e. The van der Waals surface area contributed by atoms with Crippen molar-refractivity contribution < 1.29 is 15.1 Å². The molecule has 1 amide bonds. The first-order valence-corrected chi connectivity index (χ1v) is 3.74. The third-order valence-electron chi connectivity index (χ3n) is 1.54. The maximum absolute atomic E-state index is 10.5. The fourth-order valence-corrected chi connectivity index (χ4v) is 0.758. The molecule has 0 saturated heterocycles. The molecule has 0 aromatic carbocycles. The highest BCUT2D eigenvalue weighted by atomic mass is 16.5. The molecule has 0 aromatic heterocycles. The van der Waals surface area contributed by atoms with Crippen molar-refractivity contribution in [3.63, 3.8) is 0 Å². The molecule has 4 nitrogen and oxygen atoms in total. The zero-order chi connectivity index (χ0) is 8.69. The predicted octanol–water partition coefficient (Wildman–Crippen LogP) is 0.290. The number of carbonyl (C=O) groups is 1. The molecule has 3 N–H and O–H groups in total. The number of hydroxylamine groups is 1. The van der Waals surface area contributed by atoms with E-state index >= 15 is 0 Å². The molecule has 0 bridgehead atoms. The smallest absolute Gasteiger partial charge is 0.243 e. The van der Waals surface area contributed by atoms with Crippen LogP contribution in [0, 0.1) is 5.92 Å². The fraction of sp³-hybridized carbons (Fsp3) is 0.857. The summed E-state index contributed by atoms with van der Waals surface area (Å²) in [6, 6.07) is 0. The molecule has 0 saturated carbocycles. The van der Waals surface area contributed by atoms with Gasteiger partial charge in [0.25, 0.3) is 0 Å². The first-order chi connectivity index (χ1) is 5.20. The van der Waals surface area contributed by atoms with Gasteiger partial charge >= 0.3 is 0 Å². The summed E-state index contributed by atoms with van der Waals surface area (Å²) in [6.07, 6.45) is 1.83. The minimum Gasteiger partial charge on any atom is -0.396 e. The second-order valence-corrected chi connectivity index (χ2v) is 2.71. The highest BCUT2D eigenvalue weighted by Crippen LogP contribution is 2.05. The van der Waals surface area contributed by atoms with Crippen LogP contribution in [0.5, 0.6) is 0 Å². The number of nitrogens with one attached hydrogen (secondary N) is 1. The maximum atomic E-state index is 10.5. The summed E-state index contributed by atoms with van der Waals surface area (Å²) < 4.78 is 0. The van der Waals surface area contributed by atoms with E-state index in [0.29, 0.717) is 12.8 Å². The molecule has 0 rings (SSSR count). The SMILES string of the molecule is CC(CO)CCCC(=O)NO. The molecule has 4 heteroatoms. The van der Waals surface area contributed by atoms with Crippen LogP contribution in [-0.4, -0.2) is 22.8 Å². The van der Waals surface area contributed by atoms with Crippen LogP contribution in [0.25, 0.3) is 0 Å². The van der Waals surface area contributed by atoms with Gasteiger partial charge < -0.3 is 5.11 Å². The van der Waals surface area contributed by atoms with E-state index in [1.807, 2.05) is 6.92 Å². The maximum Gasteiger partial charge on any atom is 0.243 e. The first kappa shape index (κ1) is 10.4. The van der Waals surface area contributed by atoms with E-state index in [4.69, 9.17) is 10.3 Å². The van der Waals surface area contributed by atoms with Crippen LogP contribution in [0.4, 0.5) is 0 Å². The number of carbonyl (C=O) groups excluding carboxylic acids is 1. The molecule has 1 unspecified atom stereocenters. The monoisotopic (exact) mass is 161 g/mol. The van der Waals surface area contributed by atoms with E-state index in [-0.39, 0.29) is 18.4 Å². The standard InChI is InChI=1S/C7H15NO3/c1-6(5-9)3-2-4-7(10)8-11/h6,9,11H,2-5H2,1H3,(H,8,10). The molecule has 0 aromatic rings. The van der Waals surface area contributed by atoms with Crippen molar-refractivity contribution >= 4 is 5.91 Å². The summed E-state index contributed by atoms with van der Waals surface area (Å²) >= 11 is 0. The third kappa shape index (κ3) is 5.82. The van der Waals surface area contributed by atoms with Crippen LogP contribution >= 0.6 is 0 Å². The Balaban J connectivity index is 3.20. The molecular weight excluding hydrogens is 146 g/mol. The van der Waals surface area contributed by atoms with Gasteiger partial charge in [0.2, 0.25) is 5.91 Å². The quantitative estimate of drug-likeness (QED) is 0.401. The van der Waals surface area contributed by atoms with Crippen molar-refractivity contribution in [1.82, 2.24) is 5.48 Å². The molecule has 0 spiro atoms. The van der Waals surface area contributed by atoms with Crippen molar-refractivity contribution in [2.24, 2.45) is 5.92 Å². The summed E-state index contributed by atoms with van der Waals surface area (Å²) in [7, 11) is 0. The van der Waals surface area contributed by atoms with Crippen molar-refractivity contribution in [2.45, 2.75) is 26.2 Å². The van der Waals surface area contributed by atoms with Gasteiger partial charge in [-0.05, 0) is 18.8 Å². The Morgan fingerprint density at radius 3 is 2.73 bits per heavy atom. The Labute approximate surface area is 66.2 Å². The Morgan fingerprint density at radius 1 is 1.64 bits per heavy atom.